The van der Waals surface area contributed by atoms with E-state index in [1.54, 1.807) is 0 Å². The number of hydrogen-bond acceptors (Lipinski definition) is 5. The predicted octanol–water partition coefficient (Wildman–Crippen LogP) is 2.74. The van der Waals surface area contributed by atoms with Crippen molar-refractivity contribution in [1.29, 1.82) is 0 Å². The lowest BCUT2D eigenvalue weighted by molar-refractivity contribution is 0.590. The molecule has 106 valence electrons. The molecule has 0 fully saturated rings. The molecule has 2 rings (SSSR count). The van der Waals surface area contributed by atoms with Gasteiger partial charge in [0.1, 0.15) is 17.3 Å². The molecule has 7 heteroatoms. The zero-order valence-electron chi connectivity index (χ0n) is 11.3. The normalized spacial score (nSPS) is 10.4. The van der Waals surface area contributed by atoms with Gasteiger partial charge in [-0.05, 0) is 26.0 Å². The highest BCUT2D eigenvalue weighted by atomic mass is 19.1. The Morgan fingerprint density at radius 3 is 2.40 bits per heavy atom. The third-order valence-corrected chi connectivity index (χ3v) is 2.81. The number of halogens is 2. The molecule has 5 nitrogen and oxygen atoms in total. The third kappa shape index (κ3) is 2.98. The molecule has 0 saturated carbocycles. The molecule has 0 atom stereocenters. The van der Waals surface area contributed by atoms with Crippen LogP contribution in [0.25, 0.3) is 0 Å². The van der Waals surface area contributed by atoms with Gasteiger partial charge in [0.05, 0.1) is 6.20 Å². The van der Waals surface area contributed by atoms with Gasteiger partial charge in [0.25, 0.3) is 0 Å². The lowest BCUT2D eigenvalue weighted by Crippen LogP contribution is -2.24. The van der Waals surface area contributed by atoms with Crippen molar-refractivity contribution in [3.8, 4) is 0 Å². The molecule has 1 N–H and O–H groups in total. The van der Waals surface area contributed by atoms with Crippen molar-refractivity contribution < 1.29 is 8.78 Å². The van der Waals surface area contributed by atoms with Gasteiger partial charge < -0.3 is 10.2 Å². The summed E-state index contributed by atoms with van der Waals surface area (Å²) in [6.07, 6.45) is 1.32. The van der Waals surface area contributed by atoms with Gasteiger partial charge in [-0.25, -0.2) is 8.78 Å². The molecule has 1 heterocycles. The summed E-state index contributed by atoms with van der Waals surface area (Å²) < 4.78 is 27.1. The van der Waals surface area contributed by atoms with Crippen LogP contribution in [0.5, 0.6) is 0 Å². The second-order valence-electron chi connectivity index (χ2n) is 4.04. The molecule has 0 bridgehead atoms. The van der Waals surface area contributed by atoms with Crippen molar-refractivity contribution >= 4 is 17.5 Å². The average Bonchev–Trinajstić information content (AvgIpc) is 2.45. The lowest BCUT2D eigenvalue weighted by Gasteiger charge is -2.18. The minimum atomic E-state index is -0.687. The van der Waals surface area contributed by atoms with E-state index in [9.17, 15) is 8.78 Å². The average molecular weight is 279 g/mol. The van der Waals surface area contributed by atoms with Crippen molar-refractivity contribution in [2.45, 2.75) is 13.8 Å². The number of nitrogens with one attached hydrogen (secondary N) is 1. The van der Waals surface area contributed by atoms with E-state index in [2.05, 4.69) is 20.5 Å². The summed E-state index contributed by atoms with van der Waals surface area (Å²) in [4.78, 5) is 6.08. The summed E-state index contributed by atoms with van der Waals surface area (Å²) in [6, 6.07) is 3.64. The lowest BCUT2D eigenvalue weighted by atomic mass is 10.3. The first-order chi connectivity index (χ1) is 9.65. The molecular formula is C13H15F2N5. The van der Waals surface area contributed by atoms with E-state index in [-0.39, 0.29) is 11.5 Å². The summed E-state index contributed by atoms with van der Waals surface area (Å²) >= 11 is 0. The van der Waals surface area contributed by atoms with Crippen molar-refractivity contribution in [1.82, 2.24) is 15.2 Å². The standard InChI is InChI=1S/C13H15F2N5/c1-3-20(4-2)13-18-11(8-16-19-13)17-12-9(14)6-5-7-10(12)15/h5-8H,3-4H2,1-2H3,(H,17,18,19). The van der Waals surface area contributed by atoms with E-state index in [0.717, 1.165) is 13.1 Å². The molecule has 0 amide bonds. The number of benzene rings is 1. The third-order valence-electron chi connectivity index (χ3n) is 2.81. The van der Waals surface area contributed by atoms with Gasteiger partial charge in [-0.2, -0.15) is 10.1 Å². The van der Waals surface area contributed by atoms with Gasteiger partial charge in [-0.15, -0.1) is 5.10 Å². The molecule has 0 unspecified atom stereocenters. The van der Waals surface area contributed by atoms with Crippen LogP contribution in [0.1, 0.15) is 13.8 Å². The van der Waals surface area contributed by atoms with Crippen LogP contribution in [-0.4, -0.2) is 28.3 Å². The Morgan fingerprint density at radius 2 is 1.80 bits per heavy atom. The summed E-state index contributed by atoms with van der Waals surface area (Å²) in [5, 5.41) is 10.3. The first kappa shape index (κ1) is 14.1. The maximum Gasteiger partial charge on any atom is 0.247 e. The van der Waals surface area contributed by atoms with Gasteiger partial charge in [-0.1, -0.05) is 6.07 Å². The van der Waals surface area contributed by atoms with Crippen molar-refractivity contribution in [3.05, 3.63) is 36.0 Å². The highest BCUT2D eigenvalue weighted by Gasteiger charge is 2.11. The number of nitrogens with zero attached hydrogens (tertiary/aromatic N) is 4. The van der Waals surface area contributed by atoms with Crippen LogP contribution in [-0.2, 0) is 0 Å². The Balaban J connectivity index is 2.28. The van der Waals surface area contributed by atoms with Crippen molar-refractivity contribution in [2.75, 3.05) is 23.3 Å². The Labute approximate surface area is 115 Å². The van der Waals surface area contributed by atoms with Gasteiger partial charge in [0.2, 0.25) is 5.95 Å². The maximum absolute atomic E-state index is 13.6. The van der Waals surface area contributed by atoms with Crippen molar-refractivity contribution in [2.24, 2.45) is 0 Å². The minimum Gasteiger partial charge on any atom is -0.340 e. The summed E-state index contributed by atoms with van der Waals surface area (Å²) in [7, 11) is 0. The van der Waals surface area contributed by atoms with E-state index in [4.69, 9.17) is 0 Å². The number of aromatic nitrogens is 3. The predicted molar refractivity (Wildman–Crippen MR) is 73.0 cm³/mol. The molecular weight excluding hydrogens is 264 g/mol. The number of para-hydroxylation sites is 1. The first-order valence-corrected chi connectivity index (χ1v) is 6.31. The van der Waals surface area contributed by atoms with Crippen LogP contribution in [0.3, 0.4) is 0 Å². The molecule has 2 aromatic rings. The maximum atomic E-state index is 13.6. The smallest absolute Gasteiger partial charge is 0.247 e. The molecule has 1 aromatic carbocycles. The van der Waals surface area contributed by atoms with Gasteiger partial charge in [0, 0.05) is 13.1 Å². The highest BCUT2D eigenvalue weighted by Crippen LogP contribution is 2.22. The van der Waals surface area contributed by atoms with E-state index < -0.39 is 11.6 Å². The Morgan fingerprint density at radius 1 is 1.15 bits per heavy atom. The van der Waals surface area contributed by atoms with Crippen LogP contribution >= 0.6 is 0 Å². The molecule has 0 saturated heterocycles. The van der Waals surface area contributed by atoms with E-state index in [1.807, 2.05) is 18.7 Å². The minimum absolute atomic E-state index is 0.242. The van der Waals surface area contributed by atoms with Crippen LogP contribution in [0.2, 0.25) is 0 Å². The summed E-state index contributed by atoms with van der Waals surface area (Å²) in [6.45, 7) is 5.36. The molecule has 0 radical (unpaired) electrons. The molecule has 0 spiro atoms. The molecule has 20 heavy (non-hydrogen) atoms. The largest absolute Gasteiger partial charge is 0.340 e. The fourth-order valence-electron chi connectivity index (χ4n) is 1.74. The van der Waals surface area contributed by atoms with E-state index in [0.29, 0.717) is 5.95 Å². The highest BCUT2D eigenvalue weighted by molar-refractivity contribution is 5.57. The number of hydrogen-bond donors (Lipinski definition) is 1. The van der Waals surface area contributed by atoms with Crippen LogP contribution in [0, 0.1) is 11.6 Å². The molecule has 1 aromatic heterocycles. The van der Waals surface area contributed by atoms with Gasteiger partial charge in [-0.3, -0.25) is 0 Å². The second-order valence-corrected chi connectivity index (χ2v) is 4.04. The SMILES string of the molecule is CCN(CC)c1nncc(Nc2c(F)cccc2F)n1. The van der Waals surface area contributed by atoms with Crippen molar-refractivity contribution in [3.63, 3.8) is 0 Å². The fraction of sp³-hybridized carbons (Fsp3) is 0.308. The number of rotatable bonds is 5. The number of anilines is 3. The van der Waals surface area contributed by atoms with Gasteiger partial charge in [0.15, 0.2) is 5.82 Å². The first-order valence-electron chi connectivity index (χ1n) is 6.31. The van der Waals surface area contributed by atoms with E-state index >= 15 is 0 Å². The Kier molecular flexibility index (Phi) is 4.39. The second kappa shape index (κ2) is 6.23. The van der Waals surface area contributed by atoms with Crippen LogP contribution < -0.4 is 10.2 Å². The zero-order valence-corrected chi connectivity index (χ0v) is 11.3. The summed E-state index contributed by atoms with van der Waals surface area (Å²) in [5.74, 6) is -0.719. The van der Waals surface area contributed by atoms with Crippen LogP contribution in [0.15, 0.2) is 24.4 Å². The molecule has 0 aliphatic rings. The monoisotopic (exact) mass is 279 g/mol. The van der Waals surface area contributed by atoms with Gasteiger partial charge >= 0.3 is 0 Å². The fourth-order valence-corrected chi connectivity index (χ4v) is 1.74. The molecule has 0 aliphatic carbocycles. The Hall–Kier alpha value is -2.31. The molecule has 0 aliphatic heterocycles. The topological polar surface area (TPSA) is 53.9 Å². The summed E-state index contributed by atoms with van der Waals surface area (Å²) in [5.41, 5.74) is -0.251. The zero-order chi connectivity index (χ0) is 14.5. The quantitative estimate of drug-likeness (QED) is 0.912. The van der Waals surface area contributed by atoms with Crippen LogP contribution in [0.4, 0.5) is 26.2 Å². The Bertz CT molecular complexity index is 566. The van der Waals surface area contributed by atoms with E-state index in [1.165, 1.54) is 24.4 Å².